The number of hydrogen-bond donors (Lipinski definition) is 0. The number of benzene rings is 2. The molecule has 5 nitrogen and oxygen atoms in total. The van der Waals surface area contributed by atoms with Crippen LogP contribution in [0.4, 0.5) is 0 Å². The zero-order valence-corrected chi connectivity index (χ0v) is 12.8. The molecule has 3 rings (SSSR count). The molecule has 0 spiro atoms. The summed E-state index contributed by atoms with van der Waals surface area (Å²) in [6, 6.07) is 15.6. The number of rotatable bonds is 4. The van der Waals surface area contributed by atoms with E-state index in [1.807, 2.05) is 55.5 Å². The Kier molecular flexibility index (Phi) is 3.78. The van der Waals surface area contributed by atoms with Crippen LogP contribution in [0.25, 0.3) is 16.9 Å². The van der Waals surface area contributed by atoms with Gasteiger partial charge in [0.05, 0.1) is 31.2 Å². The first-order chi connectivity index (χ1) is 10.8. The highest BCUT2D eigenvalue weighted by atomic mass is 16.5. The Hall–Kier alpha value is -2.82. The van der Waals surface area contributed by atoms with Gasteiger partial charge in [-0.25, -0.2) is 4.68 Å². The number of ether oxygens (including phenoxy) is 2. The van der Waals surface area contributed by atoms with Gasteiger partial charge in [-0.15, -0.1) is 5.10 Å². The largest absolute Gasteiger partial charge is 0.496 e. The monoisotopic (exact) mass is 295 g/mol. The lowest BCUT2D eigenvalue weighted by Gasteiger charge is -2.14. The maximum atomic E-state index is 5.51. The van der Waals surface area contributed by atoms with Gasteiger partial charge in [0.1, 0.15) is 17.2 Å². The Morgan fingerprint density at radius 2 is 1.50 bits per heavy atom. The predicted molar refractivity (Wildman–Crippen MR) is 84.6 cm³/mol. The Morgan fingerprint density at radius 1 is 0.864 bits per heavy atom. The maximum absolute atomic E-state index is 5.51. The molecular formula is C17H17N3O2. The van der Waals surface area contributed by atoms with Gasteiger partial charge >= 0.3 is 0 Å². The van der Waals surface area contributed by atoms with E-state index in [-0.39, 0.29) is 0 Å². The van der Waals surface area contributed by atoms with Gasteiger partial charge in [-0.3, -0.25) is 0 Å². The van der Waals surface area contributed by atoms with E-state index in [0.29, 0.717) is 0 Å². The number of hydrogen-bond acceptors (Lipinski definition) is 4. The number of aryl methyl sites for hydroxylation is 1. The molecule has 0 fully saturated rings. The molecule has 22 heavy (non-hydrogen) atoms. The molecule has 0 radical (unpaired) electrons. The minimum absolute atomic E-state index is 0.724. The van der Waals surface area contributed by atoms with E-state index in [4.69, 9.17) is 9.47 Å². The molecule has 1 aromatic heterocycles. The van der Waals surface area contributed by atoms with E-state index in [9.17, 15) is 0 Å². The molecule has 0 bridgehead atoms. The van der Waals surface area contributed by atoms with Crippen LogP contribution in [0.2, 0.25) is 0 Å². The second kappa shape index (κ2) is 5.89. The second-order valence-electron chi connectivity index (χ2n) is 4.81. The summed E-state index contributed by atoms with van der Waals surface area (Å²) in [6.45, 7) is 1.92. The Balaban J connectivity index is 2.28. The zero-order chi connectivity index (χ0) is 15.5. The van der Waals surface area contributed by atoms with Crippen molar-refractivity contribution in [3.8, 4) is 28.4 Å². The summed E-state index contributed by atoms with van der Waals surface area (Å²) < 4.78 is 12.8. The normalized spacial score (nSPS) is 10.5. The van der Waals surface area contributed by atoms with Crippen LogP contribution in [0, 0.1) is 6.92 Å². The minimum Gasteiger partial charge on any atom is -0.496 e. The molecule has 0 aliphatic carbocycles. The van der Waals surface area contributed by atoms with Crippen LogP contribution in [-0.4, -0.2) is 29.2 Å². The zero-order valence-electron chi connectivity index (χ0n) is 12.8. The highest BCUT2D eigenvalue weighted by Gasteiger charge is 2.21. The summed E-state index contributed by atoms with van der Waals surface area (Å²) in [7, 11) is 3.29. The number of methoxy groups -OCH3 is 2. The first-order valence-corrected chi connectivity index (χ1v) is 6.95. The van der Waals surface area contributed by atoms with E-state index in [2.05, 4.69) is 10.3 Å². The van der Waals surface area contributed by atoms with Crippen LogP contribution in [0.5, 0.6) is 11.5 Å². The van der Waals surface area contributed by atoms with Gasteiger partial charge in [-0.1, -0.05) is 29.5 Å². The van der Waals surface area contributed by atoms with Crippen LogP contribution in [0.1, 0.15) is 5.69 Å². The molecule has 0 atom stereocenters. The van der Waals surface area contributed by atoms with Gasteiger partial charge < -0.3 is 9.47 Å². The summed E-state index contributed by atoms with van der Waals surface area (Å²) in [5, 5.41) is 8.49. The topological polar surface area (TPSA) is 49.2 Å². The fourth-order valence-electron chi connectivity index (χ4n) is 2.48. The van der Waals surface area contributed by atoms with Crippen molar-refractivity contribution in [1.29, 1.82) is 0 Å². The molecule has 0 aliphatic heterocycles. The first-order valence-electron chi connectivity index (χ1n) is 6.95. The van der Waals surface area contributed by atoms with Crippen LogP contribution in [-0.2, 0) is 0 Å². The van der Waals surface area contributed by atoms with Gasteiger partial charge in [0.2, 0.25) is 0 Å². The molecule has 0 aliphatic rings. The maximum Gasteiger partial charge on any atom is 0.132 e. The standard InChI is InChI=1S/C17H17N3O2/c1-12-17(16-14(21-2)10-7-11-15(16)22-3)20(19-18-12)13-8-5-4-6-9-13/h4-11H,1-3H3. The van der Waals surface area contributed by atoms with Crippen molar-refractivity contribution in [2.45, 2.75) is 6.92 Å². The SMILES string of the molecule is COc1cccc(OC)c1-c1c(C)nnn1-c1ccccc1. The number of nitrogens with zero attached hydrogens (tertiary/aromatic N) is 3. The lowest BCUT2D eigenvalue weighted by molar-refractivity contribution is 0.397. The Bertz CT molecular complexity index is 760. The van der Waals surface area contributed by atoms with E-state index in [0.717, 1.165) is 34.1 Å². The van der Waals surface area contributed by atoms with E-state index in [1.165, 1.54) is 0 Å². The smallest absolute Gasteiger partial charge is 0.132 e. The quantitative estimate of drug-likeness (QED) is 0.741. The molecule has 1 heterocycles. The van der Waals surface area contributed by atoms with Crippen molar-refractivity contribution in [1.82, 2.24) is 15.0 Å². The second-order valence-corrected chi connectivity index (χ2v) is 4.81. The van der Waals surface area contributed by atoms with Crippen LogP contribution in [0.15, 0.2) is 48.5 Å². The van der Waals surface area contributed by atoms with Crippen molar-refractivity contribution >= 4 is 0 Å². The van der Waals surface area contributed by atoms with Crippen molar-refractivity contribution in [2.75, 3.05) is 14.2 Å². The van der Waals surface area contributed by atoms with Gasteiger partial charge in [0.25, 0.3) is 0 Å². The van der Waals surface area contributed by atoms with E-state index >= 15 is 0 Å². The fourth-order valence-corrected chi connectivity index (χ4v) is 2.48. The van der Waals surface area contributed by atoms with Crippen LogP contribution in [0.3, 0.4) is 0 Å². The van der Waals surface area contributed by atoms with Crippen LogP contribution < -0.4 is 9.47 Å². The molecule has 2 aromatic carbocycles. The number of para-hydroxylation sites is 1. The van der Waals surface area contributed by atoms with E-state index < -0.39 is 0 Å². The minimum atomic E-state index is 0.724. The lowest BCUT2D eigenvalue weighted by atomic mass is 10.1. The molecular weight excluding hydrogens is 278 g/mol. The highest BCUT2D eigenvalue weighted by molar-refractivity contribution is 5.77. The van der Waals surface area contributed by atoms with Crippen molar-refractivity contribution in [2.24, 2.45) is 0 Å². The lowest BCUT2D eigenvalue weighted by Crippen LogP contribution is -2.02. The molecule has 0 unspecified atom stereocenters. The van der Waals surface area contributed by atoms with Crippen LogP contribution >= 0.6 is 0 Å². The first kappa shape index (κ1) is 14.1. The summed E-state index contributed by atoms with van der Waals surface area (Å²) in [5.74, 6) is 1.45. The van der Waals surface area contributed by atoms with Crippen molar-refractivity contribution in [3.63, 3.8) is 0 Å². The molecule has 112 valence electrons. The van der Waals surface area contributed by atoms with Gasteiger partial charge in [-0.2, -0.15) is 0 Å². The molecule has 0 saturated carbocycles. The van der Waals surface area contributed by atoms with Crippen molar-refractivity contribution < 1.29 is 9.47 Å². The third kappa shape index (κ3) is 2.30. The average molecular weight is 295 g/mol. The predicted octanol–water partition coefficient (Wildman–Crippen LogP) is 3.26. The Labute approximate surface area is 129 Å². The summed E-state index contributed by atoms with van der Waals surface area (Å²) >= 11 is 0. The van der Waals surface area contributed by atoms with Gasteiger partial charge in [0, 0.05) is 0 Å². The molecule has 0 N–H and O–H groups in total. The third-order valence-corrected chi connectivity index (χ3v) is 3.50. The highest BCUT2D eigenvalue weighted by Crippen LogP contribution is 2.39. The third-order valence-electron chi connectivity index (χ3n) is 3.50. The van der Waals surface area contributed by atoms with Gasteiger partial charge in [-0.05, 0) is 31.2 Å². The fraction of sp³-hybridized carbons (Fsp3) is 0.176. The van der Waals surface area contributed by atoms with Gasteiger partial charge in [0.15, 0.2) is 0 Å². The molecule has 0 saturated heterocycles. The summed E-state index contributed by atoms with van der Waals surface area (Å²) in [5.41, 5.74) is 3.46. The molecule has 5 heteroatoms. The molecule has 3 aromatic rings. The summed E-state index contributed by atoms with van der Waals surface area (Å²) in [6.07, 6.45) is 0. The molecule has 0 amide bonds. The Morgan fingerprint density at radius 3 is 2.09 bits per heavy atom. The average Bonchev–Trinajstić information content (AvgIpc) is 2.96. The van der Waals surface area contributed by atoms with E-state index in [1.54, 1.807) is 18.9 Å². The number of aromatic nitrogens is 3. The summed E-state index contributed by atoms with van der Waals surface area (Å²) in [4.78, 5) is 0. The van der Waals surface area contributed by atoms with Crippen molar-refractivity contribution in [3.05, 3.63) is 54.2 Å².